The average Bonchev–Trinajstić information content (AvgIpc) is 3.32. The number of rotatable bonds is 3. The Labute approximate surface area is 174 Å². The van der Waals surface area contributed by atoms with Gasteiger partial charge < -0.3 is 15.4 Å². The van der Waals surface area contributed by atoms with Crippen LogP contribution in [0.1, 0.15) is 24.1 Å². The smallest absolute Gasteiger partial charge is 0.475 e. The highest BCUT2D eigenvalue weighted by molar-refractivity contribution is 7.13. The minimum absolute atomic E-state index is 0.670. The fourth-order valence-electron chi connectivity index (χ4n) is 2.93. The number of imidazole rings is 1. The maximum absolute atomic E-state index is 10.6. The van der Waals surface area contributed by atoms with Gasteiger partial charge in [-0.05, 0) is 50.4 Å². The highest BCUT2D eigenvalue weighted by Gasteiger charge is 2.38. The standard InChI is InChI=1S/C17H19N5S.C2HF3O2/c1-11-15(23-10-20-11)17-21-14-8-13(9-19-16(14)22-17)3-2-12-4-6-18-7-5-12;3-2(4,5)1(6)7/h2-3,8-10,12,18H,4-7H2,1H3,(H,19,21,22);(H,6,7)/b3-2+;. The summed E-state index contributed by atoms with van der Waals surface area (Å²) >= 11 is 1.60. The Morgan fingerprint density at radius 2 is 2.00 bits per heavy atom. The van der Waals surface area contributed by atoms with E-state index in [2.05, 4.69) is 43.5 Å². The molecule has 0 unspecified atom stereocenters. The van der Waals surface area contributed by atoms with Crippen molar-refractivity contribution in [3.8, 4) is 10.7 Å². The van der Waals surface area contributed by atoms with E-state index >= 15 is 0 Å². The third-order valence-electron chi connectivity index (χ3n) is 4.51. The summed E-state index contributed by atoms with van der Waals surface area (Å²) in [5.41, 5.74) is 5.69. The minimum atomic E-state index is -5.08. The number of halogens is 3. The minimum Gasteiger partial charge on any atom is -0.475 e. The van der Waals surface area contributed by atoms with Crippen LogP contribution >= 0.6 is 11.3 Å². The van der Waals surface area contributed by atoms with E-state index < -0.39 is 12.1 Å². The van der Waals surface area contributed by atoms with Crippen molar-refractivity contribution in [1.82, 2.24) is 25.3 Å². The first-order chi connectivity index (χ1) is 14.2. The van der Waals surface area contributed by atoms with Gasteiger partial charge in [0.05, 0.1) is 21.6 Å². The van der Waals surface area contributed by atoms with Crippen LogP contribution in [0.5, 0.6) is 0 Å². The summed E-state index contributed by atoms with van der Waals surface area (Å²) in [6.45, 7) is 4.23. The number of pyridine rings is 1. The molecule has 3 N–H and O–H groups in total. The molecule has 1 aliphatic heterocycles. The van der Waals surface area contributed by atoms with Gasteiger partial charge in [-0.1, -0.05) is 12.2 Å². The van der Waals surface area contributed by atoms with Crippen LogP contribution in [0.4, 0.5) is 13.2 Å². The number of nitrogens with zero attached hydrogens (tertiary/aromatic N) is 3. The molecule has 160 valence electrons. The normalized spacial score (nSPS) is 15.3. The van der Waals surface area contributed by atoms with Crippen LogP contribution in [-0.4, -0.2) is 50.3 Å². The third kappa shape index (κ3) is 5.63. The predicted molar refractivity (Wildman–Crippen MR) is 108 cm³/mol. The number of carboxylic acid groups (broad SMARTS) is 1. The number of H-pyrrole nitrogens is 1. The SMILES string of the molecule is Cc1ncsc1-c1nc2ncc(/C=C/C3CCNCC3)cc2[nH]1.O=C(O)C(F)(F)F. The molecule has 4 rings (SSSR count). The van der Waals surface area contributed by atoms with Crippen molar-refractivity contribution in [1.29, 1.82) is 0 Å². The molecule has 3 aromatic heterocycles. The lowest BCUT2D eigenvalue weighted by atomic mass is 9.97. The van der Waals surface area contributed by atoms with Crippen molar-refractivity contribution in [2.75, 3.05) is 13.1 Å². The number of nitrogens with one attached hydrogen (secondary N) is 2. The van der Waals surface area contributed by atoms with Crippen molar-refractivity contribution in [3.63, 3.8) is 0 Å². The van der Waals surface area contributed by atoms with Gasteiger partial charge in [-0.15, -0.1) is 11.3 Å². The Morgan fingerprint density at radius 1 is 1.30 bits per heavy atom. The van der Waals surface area contributed by atoms with E-state index in [0.717, 1.165) is 46.2 Å². The van der Waals surface area contributed by atoms with Crippen LogP contribution in [0, 0.1) is 12.8 Å². The second kappa shape index (κ2) is 9.35. The van der Waals surface area contributed by atoms with Gasteiger partial charge in [-0.25, -0.2) is 19.7 Å². The highest BCUT2D eigenvalue weighted by atomic mass is 32.1. The molecule has 0 aliphatic carbocycles. The molecule has 0 amide bonds. The third-order valence-corrected chi connectivity index (χ3v) is 5.44. The van der Waals surface area contributed by atoms with Gasteiger partial charge in [0.2, 0.25) is 0 Å². The summed E-state index contributed by atoms with van der Waals surface area (Å²) in [4.78, 5) is 26.7. The van der Waals surface area contributed by atoms with Crippen molar-refractivity contribution < 1.29 is 23.1 Å². The quantitative estimate of drug-likeness (QED) is 0.569. The molecule has 4 heterocycles. The van der Waals surface area contributed by atoms with E-state index in [9.17, 15) is 13.2 Å². The number of thiazole rings is 1. The molecule has 0 spiro atoms. The Morgan fingerprint density at radius 3 is 2.60 bits per heavy atom. The van der Waals surface area contributed by atoms with Crippen LogP contribution in [0.15, 0.2) is 23.8 Å². The molecule has 7 nitrogen and oxygen atoms in total. The number of carboxylic acids is 1. The number of aromatic amines is 1. The molecular weight excluding hydrogens is 419 g/mol. The molecule has 30 heavy (non-hydrogen) atoms. The lowest BCUT2D eigenvalue weighted by Crippen LogP contribution is -2.26. The van der Waals surface area contributed by atoms with E-state index in [1.54, 1.807) is 11.3 Å². The van der Waals surface area contributed by atoms with E-state index in [1.807, 2.05) is 18.6 Å². The Bertz CT molecular complexity index is 1040. The summed E-state index contributed by atoms with van der Waals surface area (Å²) in [6.07, 6.45) is 3.73. The number of aliphatic carboxylic acids is 1. The largest absolute Gasteiger partial charge is 0.490 e. The van der Waals surface area contributed by atoms with Gasteiger partial charge in [0.25, 0.3) is 0 Å². The van der Waals surface area contributed by atoms with Gasteiger partial charge in [-0.2, -0.15) is 13.2 Å². The Kier molecular flexibility index (Phi) is 6.83. The summed E-state index contributed by atoms with van der Waals surface area (Å²) in [5, 5.41) is 10.5. The van der Waals surface area contributed by atoms with Crippen LogP contribution in [0.25, 0.3) is 27.9 Å². The number of hydrogen-bond acceptors (Lipinski definition) is 6. The fourth-order valence-corrected chi connectivity index (χ4v) is 3.68. The monoisotopic (exact) mass is 439 g/mol. The van der Waals surface area contributed by atoms with Gasteiger partial charge >= 0.3 is 12.1 Å². The molecule has 0 saturated carbocycles. The maximum atomic E-state index is 10.6. The van der Waals surface area contributed by atoms with Crippen molar-refractivity contribution in [2.45, 2.75) is 25.9 Å². The number of piperidine rings is 1. The topological polar surface area (TPSA) is 104 Å². The second-order valence-corrected chi connectivity index (χ2v) is 7.60. The average molecular weight is 439 g/mol. The lowest BCUT2D eigenvalue weighted by molar-refractivity contribution is -0.192. The number of fused-ring (bicyclic) bond motifs is 1. The van der Waals surface area contributed by atoms with Crippen LogP contribution < -0.4 is 5.32 Å². The van der Waals surface area contributed by atoms with E-state index in [1.165, 1.54) is 12.8 Å². The number of aryl methyl sites for hydroxylation is 1. The number of carbonyl (C=O) groups is 1. The molecule has 0 radical (unpaired) electrons. The van der Waals surface area contributed by atoms with Crippen LogP contribution in [-0.2, 0) is 4.79 Å². The lowest BCUT2D eigenvalue weighted by Gasteiger charge is -2.19. The first kappa shape index (κ1) is 21.9. The Hall–Kier alpha value is -2.79. The zero-order valence-electron chi connectivity index (χ0n) is 16.0. The summed E-state index contributed by atoms with van der Waals surface area (Å²) in [6, 6.07) is 2.12. The van der Waals surface area contributed by atoms with Gasteiger partial charge in [0.15, 0.2) is 11.5 Å². The van der Waals surface area contributed by atoms with E-state index in [4.69, 9.17) is 9.90 Å². The molecule has 1 fully saturated rings. The summed E-state index contributed by atoms with van der Waals surface area (Å²) < 4.78 is 31.7. The van der Waals surface area contributed by atoms with Gasteiger partial charge in [0.1, 0.15) is 0 Å². The van der Waals surface area contributed by atoms with Gasteiger partial charge in [0, 0.05) is 6.20 Å². The van der Waals surface area contributed by atoms with Gasteiger partial charge in [-0.3, -0.25) is 0 Å². The second-order valence-electron chi connectivity index (χ2n) is 6.74. The Balaban J connectivity index is 0.000000318. The molecular formula is C19H20F3N5O2S. The zero-order valence-corrected chi connectivity index (χ0v) is 16.8. The fraction of sp³-hybridized carbons (Fsp3) is 0.368. The number of alkyl halides is 3. The molecule has 1 saturated heterocycles. The molecule has 3 aromatic rings. The molecule has 0 aromatic carbocycles. The first-order valence-electron chi connectivity index (χ1n) is 9.19. The zero-order chi connectivity index (χ0) is 21.7. The molecule has 0 atom stereocenters. The summed E-state index contributed by atoms with van der Waals surface area (Å²) in [7, 11) is 0. The predicted octanol–water partition coefficient (Wildman–Crippen LogP) is 4.04. The van der Waals surface area contributed by atoms with E-state index in [-0.39, 0.29) is 0 Å². The highest BCUT2D eigenvalue weighted by Crippen LogP contribution is 2.26. The van der Waals surface area contributed by atoms with Crippen LogP contribution in [0.3, 0.4) is 0 Å². The molecule has 0 bridgehead atoms. The molecule has 1 aliphatic rings. The van der Waals surface area contributed by atoms with Crippen LogP contribution in [0.2, 0.25) is 0 Å². The van der Waals surface area contributed by atoms with Crippen molar-refractivity contribution in [3.05, 3.63) is 35.1 Å². The first-order valence-corrected chi connectivity index (χ1v) is 10.1. The van der Waals surface area contributed by atoms with E-state index in [0.29, 0.717) is 5.92 Å². The molecule has 11 heteroatoms. The van der Waals surface area contributed by atoms with Crippen molar-refractivity contribution >= 4 is 34.5 Å². The number of hydrogen-bond donors (Lipinski definition) is 3. The van der Waals surface area contributed by atoms with Crippen molar-refractivity contribution in [2.24, 2.45) is 5.92 Å². The maximum Gasteiger partial charge on any atom is 0.490 e. The number of aromatic nitrogens is 4. The summed E-state index contributed by atoms with van der Waals surface area (Å²) in [5.74, 6) is -1.23. The number of allylic oxidation sites excluding steroid dienone is 1.